The van der Waals surface area contributed by atoms with E-state index in [-0.39, 0.29) is 23.2 Å². The second-order valence-electron chi connectivity index (χ2n) is 7.25. The minimum absolute atomic E-state index is 0.0162. The van der Waals surface area contributed by atoms with Gasteiger partial charge in [0.05, 0.1) is 0 Å². The number of pyridine rings is 1. The van der Waals surface area contributed by atoms with Crippen molar-refractivity contribution in [3.8, 4) is 0 Å². The Labute approximate surface area is 167 Å². The molecule has 1 amide bonds. The molecule has 1 aliphatic rings. The highest BCUT2D eigenvalue weighted by Crippen LogP contribution is 2.21. The van der Waals surface area contributed by atoms with Gasteiger partial charge in [-0.25, -0.2) is 14.4 Å². The van der Waals surface area contributed by atoms with Crippen LogP contribution in [0.4, 0.5) is 10.2 Å². The topological polar surface area (TPSA) is 80.1 Å². The number of piperidine rings is 1. The van der Waals surface area contributed by atoms with E-state index in [9.17, 15) is 14.0 Å². The summed E-state index contributed by atoms with van der Waals surface area (Å²) in [6, 6.07) is 9.71. The number of anilines is 1. The average Bonchev–Trinajstić information content (AvgIpc) is 2.76. The van der Waals surface area contributed by atoms with Crippen LogP contribution in [0, 0.1) is 11.7 Å². The van der Waals surface area contributed by atoms with Gasteiger partial charge in [-0.3, -0.25) is 14.2 Å². The third-order valence-electron chi connectivity index (χ3n) is 5.35. The van der Waals surface area contributed by atoms with Crippen molar-refractivity contribution < 1.29 is 9.18 Å². The fourth-order valence-electron chi connectivity index (χ4n) is 3.64. The van der Waals surface area contributed by atoms with Gasteiger partial charge in [-0.2, -0.15) is 0 Å². The second kappa shape index (κ2) is 7.98. The maximum Gasteiger partial charge on any atom is 0.294 e. The van der Waals surface area contributed by atoms with Crippen molar-refractivity contribution in [2.75, 3.05) is 18.0 Å². The molecule has 2 aromatic heterocycles. The molecule has 0 atom stereocenters. The first-order valence-electron chi connectivity index (χ1n) is 9.62. The van der Waals surface area contributed by atoms with Crippen molar-refractivity contribution in [2.45, 2.75) is 19.4 Å². The van der Waals surface area contributed by atoms with Crippen molar-refractivity contribution in [1.29, 1.82) is 0 Å². The summed E-state index contributed by atoms with van der Waals surface area (Å²) in [7, 11) is 1.69. The predicted octanol–water partition coefficient (Wildman–Crippen LogP) is 2.00. The van der Waals surface area contributed by atoms with Crippen LogP contribution in [0.5, 0.6) is 0 Å². The van der Waals surface area contributed by atoms with Gasteiger partial charge in [0.2, 0.25) is 5.91 Å². The van der Waals surface area contributed by atoms with Crippen molar-refractivity contribution in [1.82, 2.24) is 19.9 Å². The van der Waals surface area contributed by atoms with E-state index in [1.165, 1.54) is 16.7 Å². The Morgan fingerprint density at radius 1 is 1.21 bits per heavy atom. The van der Waals surface area contributed by atoms with Gasteiger partial charge in [-0.15, -0.1) is 0 Å². The number of nitrogens with one attached hydrogen (secondary N) is 1. The largest absolute Gasteiger partial charge is 0.352 e. The smallest absolute Gasteiger partial charge is 0.294 e. The van der Waals surface area contributed by atoms with E-state index in [0.29, 0.717) is 49.5 Å². The summed E-state index contributed by atoms with van der Waals surface area (Å²) in [5, 5.41) is 2.92. The van der Waals surface area contributed by atoms with Crippen LogP contribution >= 0.6 is 0 Å². The van der Waals surface area contributed by atoms with Gasteiger partial charge in [0, 0.05) is 38.8 Å². The molecule has 1 aromatic carbocycles. The highest BCUT2D eigenvalue weighted by Gasteiger charge is 2.27. The van der Waals surface area contributed by atoms with Crippen LogP contribution in [0.2, 0.25) is 0 Å². The summed E-state index contributed by atoms with van der Waals surface area (Å²) in [5.41, 5.74) is 1.89. The summed E-state index contributed by atoms with van der Waals surface area (Å²) in [6.07, 6.45) is 2.93. The number of fused-ring (bicyclic) bond motifs is 1. The lowest BCUT2D eigenvalue weighted by atomic mass is 9.96. The molecule has 0 spiro atoms. The number of rotatable bonds is 4. The molecule has 4 rings (SSSR count). The highest BCUT2D eigenvalue weighted by molar-refractivity contribution is 5.79. The van der Waals surface area contributed by atoms with Crippen LogP contribution in [0.15, 0.2) is 47.4 Å². The van der Waals surface area contributed by atoms with Crippen molar-refractivity contribution >= 4 is 22.9 Å². The molecule has 0 aliphatic carbocycles. The minimum atomic E-state index is -0.295. The van der Waals surface area contributed by atoms with Gasteiger partial charge in [0.1, 0.15) is 11.3 Å². The Balaban J connectivity index is 1.40. The Kier molecular flexibility index (Phi) is 5.24. The quantitative estimate of drug-likeness (QED) is 0.731. The standard InChI is InChI=1S/C21H22FN5O2/c1-26-18-17(3-2-10-23-18)25-19(21(26)29)27-11-8-15(9-12-27)20(28)24-13-14-4-6-16(22)7-5-14/h2-7,10,15H,8-9,11-13H2,1H3,(H,24,28). The number of hydrogen-bond donors (Lipinski definition) is 1. The zero-order valence-corrected chi connectivity index (χ0v) is 16.1. The number of aryl methyl sites for hydroxylation is 1. The molecule has 0 saturated carbocycles. The van der Waals surface area contributed by atoms with Crippen LogP contribution in [0.25, 0.3) is 11.2 Å². The van der Waals surface area contributed by atoms with Gasteiger partial charge >= 0.3 is 0 Å². The van der Waals surface area contributed by atoms with Gasteiger partial charge in [0.15, 0.2) is 11.5 Å². The molecule has 29 heavy (non-hydrogen) atoms. The Morgan fingerprint density at radius 2 is 1.93 bits per heavy atom. The monoisotopic (exact) mass is 395 g/mol. The first kappa shape index (κ1) is 19.0. The summed E-state index contributed by atoms with van der Waals surface area (Å²) in [5.74, 6) is -0.0231. The van der Waals surface area contributed by atoms with Crippen LogP contribution in [0.3, 0.4) is 0 Å². The molecule has 0 bridgehead atoms. The first-order chi connectivity index (χ1) is 14.0. The number of carbonyl (C=O) groups is 1. The van der Waals surface area contributed by atoms with E-state index in [4.69, 9.17) is 0 Å². The lowest BCUT2D eigenvalue weighted by Gasteiger charge is -2.31. The number of halogens is 1. The molecule has 1 N–H and O–H groups in total. The number of amides is 1. The van der Waals surface area contributed by atoms with Crippen LogP contribution < -0.4 is 15.8 Å². The maximum absolute atomic E-state index is 13.0. The van der Waals surface area contributed by atoms with Crippen LogP contribution in [-0.4, -0.2) is 33.5 Å². The van der Waals surface area contributed by atoms with Gasteiger partial charge < -0.3 is 10.2 Å². The zero-order valence-electron chi connectivity index (χ0n) is 16.1. The Bertz CT molecular complexity index is 1090. The van der Waals surface area contributed by atoms with E-state index in [0.717, 1.165) is 5.56 Å². The summed E-state index contributed by atoms with van der Waals surface area (Å²) >= 11 is 0. The van der Waals surface area contributed by atoms with Gasteiger partial charge in [-0.05, 0) is 42.7 Å². The lowest BCUT2D eigenvalue weighted by Crippen LogP contribution is -2.43. The van der Waals surface area contributed by atoms with E-state index in [1.807, 2.05) is 11.0 Å². The SMILES string of the molecule is Cn1c(=O)c(N2CCC(C(=O)NCc3ccc(F)cc3)CC2)nc2cccnc21. The highest BCUT2D eigenvalue weighted by atomic mass is 19.1. The molecule has 1 aliphatic heterocycles. The molecule has 0 unspecified atom stereocenters. The molecule has 1 fully saturated rings. The molecular weight excluding hydrogens is 373 g/mol. The molecule has 150 valence electrons. The van der Waals surface area contributed by atoms with Crippen molar-refractivity contribution in [3.05, 3.63) is 64.3 Å². The Hall–Kier alpha value is -3.29. The number of nitrogens with zero attached hydrogens (tertiary/aromatic N) is 4. The number of aromatic nitrogens is 3. The minimum Gasteiger partial charge on any atom is -0.352 e. The second-order valence-corrected chi connectivity index (χ2v) is 7.25. The number of hydrogen-bond acceptors (Lipinski definition) is 5. The van der Waals surface area contributed by atoms with Crippen molar-refractivity contribution in [2.24, 2.45) is 13.0 Å². The number of carbonyl (C=O) groups excluding carboxylic acids is 1. The molecule has 3 aromatic rings. The summed E-state index contributed by atoms with van der Waals surface area (Å²) in [6.45, 7) is 1.55. The molecule has 7 nitrogen and oxygen atoms in total. The van der Waals surface area contributed by atoms with Crippen molar-refractivity contribution in [3.63, 3.8) is 0 Å². The van der Waals surface area contributed by atoms with E-state index in [1.54, 1.807) is 31.4 Å². The number of benzene rings is 1. The first-order valence-corrected chi connectivity index (χ1v) is 9.62. The molecule has 3 heterocycles. The predicted molar refractivity (Wildman–Crippen MR) is 108 cm³/mol. The molecule has 1 saturated heterocycles. The zero-order chi connectivity index (χ0) is 20.4. The molecular formula is C21H22FN5O2. The van der Waals surface area contributed by atoms with E-state index >= 15 is 0 Å². The van der Waals surface area contributed by atoms with Gasteiger partial charge in [-0.1, -0.05) is 12.1 Å². The molecule has 0 radical (unpaired) electrons. The van der Waals surface area contributed by atoms with E-state index in [2.05, 4.69) is 15.3 Å². The normalized spacial score (nSPS) is 14.9. The third kappa shape index (κ3) is 3.96. The lowest BCUT2D eigenvalue weighted by molar-refractivity contribution is -0.125. The third-order valence-corrected chi connectivity index (χ3v) is 5.35. The van der Waals surface area contributed by atoms with Crippen LogP contribution in [-0.2, 0) is 18.4 Å². The van der Waals surface area contributed by atoms with Crippen LogP contribution in [0.1, 0.15) is 18.4 Å². The maximum atomic E-state index is 13.0. The summed E-state index contributed by atoms with van der Waals surface area (Å²) in [4.78, 5) is 35.9. The summed E-state index contributed by atoms with van der Waals surface area (Å²) < 4.78 is 14.5. The molecule has 8 heteroatoms. The average molecular weight is 395 g/mol. The fourth-order valence-corrected chi connectivity index (χ4v) is 3.64. The fraction of sp³-hybridized carbons (Fsp3) is 0.333. The Morgan fingerprint density at radius 3 is 2.66 bits per heavy atom. The van der Waals surface area contributed by atoms with E-state index < -0.39 is 0 Å². The van der Waals surface area contributed by atoms with Gasteiger partial charge in [0.25, 0.3) is 5.56 Å².